The maximum absolute atomic E-state index is 13.9. The van der Waals surface area contributed by atoms with Crippen molar-refractivity contribution in [3.8, 4) is 0 Å². The number of aliphatic hydroxyl groups is 1. The number of piperidine rings is 1. The molecule has 1 N–H and O–H groups in total. The maximum Gasteiger partial charge on any atom is 0.146 e. The molecule has 3 nitrogen and oxygen atoms in total. The van der Waals surface area contributed by atoms with Crippen LogP contribution < -0.4 is 4.90 Å². The number of benzene rings is 1. The van der Waals surface area contributed by atoms with Crippen LogP contribution in [0.3, 0.4) is 0 Å². The van der Waals surface area contributed by atoms with Crippen LogP contribution in [-0.2, 0) is 11.3 Å². The van der Waals surface area contributed by atoms with Crippen molar-refractivity contribution in [2.75, 3.05) is 24.6 Å². The molecular weight excluding hydrogens is 233 g/mol. The fourth-order valence-corrected chi connectivity index (χ4v) is 2.40. The summed E-state index contributed by atoms with van der Waals surface area (Å²) in [5.74, 6) is -0.253. The Kier molecular flexibility index (Phi) is 4.55. The zero-order valence-corrected chi connectivity index (χ0v) is 10.7. The minimum Gasteiger partial charge on any atom is -0.392 e. The third-order valence-corrected chi connectivity index (χ3v) is 3.38. The number of hydrogen-bond donors (Lipinski definition) is 1. The van der Waals surface area contributed by atoms with E-state index in [-0.39, 0.29) is 12.4 Å². The predicted molar refractivity (Wildman–Crippen MR) is 69.2 cm³/mol. The van der Waals surface area contributed by atoms with Gasteiger partial charge in [-0.05, 0) is 37.5 Å². The summed E-state index contributed by atoms with van der Waals surface area (Å²) >= 11 is 0. The van der Waals surface area contributed by atoms with Crippen molar-refractivity contribution in [3.63, 3.8) is 0 Å². The van der Waals surface area contributed by atoms with E-state index in [1.165, 1.54) is 6.07 Å². The Balaban J connectivity index is 2.01. The van der Waals surface area contributed by atoms with Crippen molar-refractivity contribution in [3.05, 3.63) is 29.6 Å². The van der Waals surface area contributed by atoms with Gasteiger partial charge in [-0.3, -0.25) is 0 Å². The van der Waals surface area contributed by atoms with Crippen LogP contribution in [0.5, 0.6) is 0 Å². The van der Waals surface area contributed by atoms with E-state index in [9.17, 15) is 4.39 Å². The molecule has 1 heterocycles. The van der Waals surface area contributed by atoms with Crippen molar-refractivity contribution in [1.82, 2.24) is 0 Å². The van der Waals surface area contributed by atoms with Crippen LogP contribution in [-0.4, -0.2) is 30.9 Å². The first-order chi connectivity index (χ1) is 8.74. The molecule has 1 aromatic rings. The number of aliphatic hydroxyl groups excluding tert-OH is 1. The zero-order valence-electron chi connectivity index (χ0n) is 10.7. The van der Waals surface area contributed by atoms with E-state index < -0.39 is 0 Å². The highest BCUT2D eigenvalue weighted by Crippen LogP contribution is 2.25. The monoisotopic (exact) mass is 253 g/mol. The van der Waals surface area contributed by atoms with E-state index >= 15 is 0 Å². The molecule has 0 saturated carbocycles. The van der Waals surface area contributed by atoms with E-state index in [4.69, 9.17) is 9.84 Å². The molecule has 4 heteroatoms. The van der Waals surface area contributed by atoms with Gasteiger partial charge in [-0.15, -0.1) is 0 Å². The van der Waals surface area contributed by atoms with Gasteiger partial charge < -0.3 is 14.7 Å². The van der Waals surface area contributed by atoms with Crippen LogP contribution >= 0.6 is 0 Å². The van der Waals surface area contributed by atoms with Gasteiger partial charge in [-0.25, -0.2) is 4.39 Å². The molecule has 0 unspecified atom stereocenters. The Morgan fingerprint density at radius 1 is 1.39 bits per heavy atom. The van der Waals surface area contributed by atoms with Gasteiger partial charge in [-0.1, -0.05) is 6.07 Å². The molecular formula is C14H20FNO2. The lowest BCUT2D eigenvalue weighted by Crippen LogP contribution is -2.37. The van der Waals surface area contributed by atoms with Gasteiger partial charge in [0.1, 0.15) is 5.82 Å². The van der Waals surface area contributed by atoms with Crippen molar-refractivity contribution >= 4 is 5.69 Å². The molecule has 0 bridgehead atoms. The Bertz CT molecular complexity index is 389. The quantitative estimate of drug-likeness (QED) is 0.894. The third kappa shape index (κ3) is 3.00. The molecule has 2 rings (SSSR count). The highest BCUT2D eigenvalue weighted by Gasteiger charge is 2.21. The van der Waals surface area contributed by atoms with Crippen LogP contribution in [0.25, 0.3) is 0 Å². The summed E-state index contributed by atoms with van der Waals surface area (Å²) in [5, 5.41) is 8.96. The number of ether oxygens (including phenoxy) is 1. The normalized spacial score (nSPS) is 17.2. The standard InChI is InChI=1S/C14H20FNO2/c1-2-18-12-5-7-16(8-6-12)14-4-3-11(10-17)9-13(14)15/h3-4,9,12,17H,2,5-8,10H2,1H3. The summed E-state index contributed by atoms with van der Waals surface area (Å²) in [6, 6.07) is 4.93. The van der Waals surface area contributed by atoms with E-state index in [0.717, 1.165) is 32.5 Å². The molecule has 100 valence electrons. The SMILES string of the molecule is CCOC1CCN(c2ccc(CO)cc2F)CC1. The highest BCUT2D eigenvalue weighted by molar-refractivity contribution is 5.49. The number of nitrogens with zero attached hydrogens (tertiary/aromatic N) is 1. The fourth-order valence-electron chi connectivity index (χ4n) is 2.40. The minimum absolute atomic E-state index is 0.121. The van der Waals surface area contributed by atoms with Crippen LogP contribution in [0.1, 0.15) is 25.3 Å². The zero-order chi connectivity index (χ0) is 13.0. The van der Waals surface area contributed by atoms with Crippen LogP contribution in [0, 0.1) is 5.82 Å². The molecule has 0 atom stereocenters. The number of hydrogen-bond acceptors (Lipinski definition) is 3. The number of halogens is 1. The Morgan fingerprint density at radius 2 is 2.11 bits per heavy atom. The van der Waals surface area contributed by atoms with Gasteiger partial charge in [0, 0.05) is 19.7 Å². The fraction of sp³-hybridized carbons (Fsp3) is 0.571. The van der Waals surface area contributed by atoms with Crippen molar-refractivity contribution < 1.29 is 14.2 Å². The molecule has 18 heavy (non-hydrogen) atoms. The molecule has 0 aliphatic carbocycles. The molecule has 1 fully saturated rings. The predicted octanol–water partition coefficient (Wildman–Crippen LogP) is 2.32. The van der Waals surface area contributed by atoms with E-state index in [1.54, 1.807) is 12.1 Å². The molecule has 0 aromatic heterocycles. The largest absolute Gasteiger partial charge is 0.392 e. The Labute approximate surface area is 107 Å². The van der Waals surface area contributed by atoms with Gasteiger partial charge in [0.15, 0.2) is 0 Å². The highest BCUT2D eigenvalue weighted by atomic mass is 19.1. The van der Waals surface area contributed by atoms with Gasteiger partial charge in [-0.2, -0.15) is 0 Å². The lowest BCUT2D eigenvalue weighted by atomic mass is 10.1. The summed E-state index contributed by atoms with van der Waals surface area (Å²) in [4.78, 5) is 2.05. The average molecular weight is 253 g/mol. The van der Waals surface area contributed by atoms with Crippen LogP contribution in [0.4, 0.5) is 10.1 Å². The molecule has 1 saturated heterocycles. The topological polar surface area (TPSA) is 32.7 Å². The first kappa shape index (κ1) is 13.3. The molecule has 0 amide bonds. The van der Waals surface area contributed by atoms with Crippen LogP contribution in [0.2, 0.25) is 0 Å². The third-order valence-electron chi connectivity index (χ3n) is 3.38. The second kappa shape index (κ2) is 6.16. The lowest BCUT2D eigenvalue weighted by Gasteiger charge is -2.33. The molecule has 0 radical (unpaired) electrons. The first-order valence-electron chi connectivity index (χ1n) is 6.50. The first-order valence-corrected chi connectivity index (χ1v) is 6.50. The van der Waals surface area contributed by atoms with Crippen molar-refractivity contribution in [2.24, 2.45) is 0 Å². The Hall–Kier alpha value is -1.13. The minimum atomic E-state index is -0.253. The van der Waals surface area contributed by atoms with E-state index in [1.807, 2.05) is 11.8 Å². The van der Waals surface area contributed by atoms with E-state index in [2.05, 4.69) is 0 Å². The molecule has 1 aliphatic rings. The van der Waals surface area contributed by atoms with E-state index in [0.29, 0.717) is 17.4 Å². The molecule has 0 spiro atoms. The second-order valence-electron chi connectivity index (χ2n) is 4.59. The Morgan fingerprint density at radius 3 is 2.67 bits per heavy atom. The summed E-state index contributed by atoms with van der Waals surface area (Å²) in [6.45, 7) is 4.26. The maximum atomic E-state index is 13.9. The van der Waals surface area contributed by atoms with Gasteiger partial charge in [0.2, 0.25) is 0 Å². The number of anilines is 1. The average Bonchev–Trinajstić information content (AvgIpc) is 2.40. The second-order valence-corrected chi connectivity index (χ2v) is 4.59. The summed E-state index contributed by atoms with van der Waals surface area (Å²) in [6.07, 6.45) is 2.19. The van der Waals surface area contributed by atoms with Crippen molar-refractivity contribution in [2.45, 2.75) is 32.5 Å². The number of rotatable bonds is 4. The van der Waals surface area contributed by atoms with Crippen LogP contribution in [0.15, 0.2) is 18.2 Å². The van der Waals surface area contributed by atoms with Gasteiger partial charge in [0.25, 0.3) is 0 Å². The van der Waals surface area contributed by atoms with Crippen molar-refractivity contribution in [1.29, 1.82) is 0 Å². The summed E-state index contributed by atoms with van der Waals surface area (Å²) in [5.41, 5.74) is 1.24. The van der Waals surface area contributed by atoms with Gasteiger partial charge in [0.05, 0.1) is 18.4 Å². The molecule has 1 aromatic carbocycles. The lowest BCUT2D eigenvalue weighted by molar-refractivity contribution is 0.0458. The molecule has 1 aliphatic heterocycles. The smallest absolute Gasteiger partial charge is 0.146 e. The summed E-state index contributed by atoms with van der Waals surface area (Å²) < 4.78 is 19.5. The van der Waals surface area contributed by atoms with Gasteiger partial charge >= 0.3 is 0 Å². The summed E-state index contributed by atoms with van der Waals surface area (Å²) in [7, 11) is 0.